The molecule has 1 fully saturated rings. The molecule has 0 bridgehead atoms. The Kier molecular flexibility index (Phi) is 3.74. The first-order valence-corrected chi connectivity index (χ1v) is 5.77. The molecule has 0 spiro atoms. The molecule has 0 unspecified atom stereocenters. The highest BCUT2D eigenvalue weighted by Gasteiger charge is 2.25. The van der Waals surface area contributed by atoms with Crippen molar-refractivity contribution < 1.29 is 4.74 Å². The predicted molar refractivity (Wildman–Crippen MR) is 63.3 cm³/mol. The van der Waals surface area contributed by atoms with Crippen LogP contribution >= 0.6 is 0 Å². The van der Waals surface area contributed by atoms with Gasteiger partial charge < -0.3 is 15.4 Å². The molecule has 4 nitrogen and oxygen atoms in total. The van der Waals surface area contributed by atoms with Gasteiger partial charge in [0.25, 0.3) is 0 Å². The van der Waals surface area contributed by atoms with Crippen LogP contribution in [-0.2, 0) is 6.54 Å². The van der Waals surface area contributed by atoms with Crippen LogP contribution < -0.4 is 10.5 Å². The van der Waals surface area contributed by atoms with Gasteiger partial charge in [0.2, 0.25) is 0 Å². The average Bonchev–Trinajstić information content (AvgIpc) is 3.13. The third-order valence-electron chi connectivity index (χ3n) is 2.95. The molecule has 2 N–H and O–H groups in total. The molecule has 1 saturated carbocycles. The molecule has 88 valence electrons. The summed E-state index contributed by atoms with van der Waals surface area (Å²) in [4.78, 5) is 6.38. The molecule has 0 atom stereocenters. The van der Waals surface area contributed by atoms with Crippen LogP contribution in [0.2, 0.25) is 0 Å². The molecule has 1 aliphatic rings. The summed E-state index contributed by atoms with van der Waals surface area (Å²) in [7, 11) is 2.15. The first-order chi connectivity index (χ1) is 7.81. The van der Waals surface area contributed by atoms with E-state index in [4.69, 9.17) is 10.5 Å². The molecule has 1 heterocycles. The Balaban J connectivity index is 1.79. The Hall–Kier alpha value is -1.13. The highest BCUT2D eigenvalue weighted by molar-refractivity contribution is 5.29. The SMILES string of the molecule is CN(CCOc1ccncc1CN)C1CC1. The molecule has 1 aromatic rings. The van der Waals surface area contributed by atoms with Gasteiger partial charge in [-0.1, -0.05) is 0 Å². The van der Waals surface area contributed by atoms with Crippen molar-refractivity contribution in [2.45, 2.75) is 25.4 Å². The van der Waals surface area contributed by atoms with Crippen molar-refractivity contribution in [1.29, 1.82) is 0 Å². The Morgan fingerprint density at radius 3 is 3.06 bits per heavy atom. The van der Waals surface area contributed by atoms with E-state index in [1.54, 1.807) is 12.4 Å². The molecular formula is C12H19N3O. The fourth-order valence-electron chi connectivity index (χ4n) is 1.71. The van der Waals surface area contributed by atoms with E-state index in [1.807, 2.05) is 6.07 Å². The summed E-state index contributed by atoms with van der Waals surface area (Å²) in [6.07, 6.45) is 6.17. The monoisotopic (exact) mass is 221 g/mol. The summed E-state index contributed by atoms with van der Waals surface area (Å²) in [6.45, 7) is 2.16. The van der Waals surface area contributed by atoms with Gasteiger partial charge in [-0.25, -0.2) is 0 Å². The zero-order valence-electron chi connectivity index (χ0n) is 9.72. The number of ether oxygens (including phenoxy) is 1. The Morgan fingerprint density at radius 1 is 1.56 bits per heavy atom. The van der Waals surface area contributed by atoms with Gasteiger partial charge in [0.05, 0.1) is 0 Å². The van der Waals surface area contributed by atoms with Crippen molar-refractivity contribution in [3.05, 3.63) is 24.0 Å². The number of hydrogen-bond donors (Lipinski definition) is 1. The topological polar surface area (TPSA) is 51.4 Å². The summed E-state index contributed by atoms with van der Waals surface area (Å²) >= 11 is 0. The minimum Gasteiger partial charge on any atom is -0.492 e. The number of nitrogens with zero attached hydrogens (tertiary/aromatic N) is 2. The lowest BCUT2D eigenvalue weighted by atomic mass is 10.2. The van der Waals surface area contributed by atoms with Crippen LogP contribution in [0.3, 0.4) is 0 Å². The lowest BCUT2D eigenvalue weighted by molar-refractivity contribution is 0.230. The maximum absolute atomic E-state index is 5.71. The molecular weight excluding hydrogens is 202 g/mol. The smallest absolute Gasteiger partial charge is 0.126 e. The minimum absolute atomic E-state index is 0.474. The highest BCUT2D eigenvalue weighted by atomic mass is 16.5. The fourth-order valence-corrected chi connectivity index (χ4v) is 1.71. The maximum Gasteiger partial charge on any atom is 0.126 e. The average molecular weight is 221 g/mol. The fraction of sp³-hybridized carbons (Fsp3) is 0.583. The van der Waals surface area contributed by atoms with Crippen LogP contribution in [0.25, 0.3) is 0 Å². The van der Waals surface area contributed by atoms with Crippen molar-refractivity contribution in [3.63, 3.8) is 0 Å². The molecule has 2 rings (SSSR count). The van der Waals surface area contributed by atoms with Crippen LogP contribution in [0.4, 0.5) is 0 Å². The number of rotatable bonds is 6. The van der Waals surface area contributed by atoms with Gasteiger partial charge in [0.15, 0.2) is 0 Å². The molecule has 16 heavy (non-hydrogen) atoms. The van der Waals surface area contributed by atoms with E-state index in [0.717, 1.165) is 23.9 Å². The van der Waals surface area contributed by atoms with Gasteiger partial charge >= 0.3 is 0 Å². The molecule has 1 aromatic heterocycles. The summed E-state index contributed by atoms with van der Waals surface area (Å²) in [5, 5.41) is 0. The van der Waals surface area contributed by atoms with Crippen molar-refractivity contribution in [1.82, 2.24) is 9.88 Å². The number of pyridine rings is 1. The van der Waals surface area contributed by atoms with Crippen LogP contribution in [-0.4, -0.2) is 36.1 Å². The van der Waals surface area contributed by atoms with Gasteiger partial charge in [-0.05, 0) is 26.0 Å². The van der Waals surface area contributed by atoms with Gasteiger partial charge in [0, 0.05) is 37.1 Å². The van der Waals surface area contributed by atoms with Gasteiger partial charge in [0.1, 0.15) is 12.4 Å². The number of nitrogens with two attached hydrogens (primary N) is 1. The maximum atomic E-state index is 5.71. The lowest BCUT2D eigenvalue weighted by Gasteiger charge is -2.16. The van der Waals surface area contributed by atoms with Crippen molar-refractivity contribution in [3.8, 4) is 5.75 Å². The van der Waals surface area contributed by atoms with E-state index in [2.05, 4.69) is 16.9 Å². The van der Waals surface area contributed by atoms with Crippen molar-refractivity contribution in [2.24, 2.45) is 5.73 Å². The van der Waals surface area contributed by atoms with Crippen molar-refractivity contribution in [2.75, 3.05) is 20.2 Å². The first kappa shape index (κ1) is 11.4. The van der Waals surface area contributed by atoms with Gasteiger partial charge in [-0.15, -0.1) is 0 Å². The number of likely N-dealkylation sites (N-methyl/N-ethyl adjacent to an activating group) is 1. The molecule has 0 aliphatic heterocycles. The molecule has 0 aromatic carbocycles. The predicted octanol–water partition coefficient (Wildman–Crippen LogP) is 1.01. The summed E-state index contributed by atoms with van der Waals surface area (Å²) in [5.41, 5.74) is 6.58. The number of hydrogen-bond acceptors (Lipinski definition) is 4. The van der Waals surface area contributed by atoms with E-state index in [0.29, 0.717) is 13.2 Å². The van der Waals surface area contributed by atoms with E-state index in [1.165, 1.54) is 12.8 Å². The summed E-state index contributed by atoms with van der Waals surface area (Å²) in [6, 6.07) is 2.66. The highest BCUT2D eigenvalue weighted by Crippen LogP contribution is 2.25. The molecule has 1 aliphatic carbocycles. The standard InChI is InChI=1S/C12H19N3O/c1-15(11-2-3-11)6-7-16-12-4-5-14-9-10(12)8-13/h4-5,9,11H,2-3,6-8,13H2,1H3. The first-order valence-electron chi connectivity index (χ1n) is 5.77. The Morgan fingerprint density at radius 2 is 2.38 bits per heavy atom. The van der Waals surface area contributed by atoms with E-state index < -0.39 is 0 Å². The quantitative estimate of drug-likeness (QED) is 0.779. The van der Waals surface area contributed by atoms with E-state index >= 15 is 0 Å². The molecule has 0 amide bonds. The van der Waals surface area contributed by atoms with E-state index in [-0.39, 0.29) is 0 Å². The van der Waals surface area contributed by atoms with Gasteiger partial charge in [-0.2, -0.15) is 0 Å². The minimum atomic E-state index is 0.474. The lowest BCUT2D eigenvalue weighted by Crippen LogP contribution is -2.26. The largest absolute Gasteiger partial charge is 0.492 e. The second-order valence-corrected chi connectivity index (χ2v) is 4.25. The zero-order valence-corrected chi connectivity index (χ0v) is 9.72. The molecule has 0 radical (unpaired) electrons. The van der Waals surface area contributed by atoms with Crippen LogP contribution in [0.1, 0.15) is 18.4 Å². The second kappa shape index (κ2) is 5.27. The molecule has 4 heteroatoms. The van der Waals surface area contributed by atoms with Crippen LogP contribution in [0, 0.1) is 0 Å². The Labute approximate surface area is 96.4 Å². The summed E-state index contributed by atoms with van der Waals surface area (Å²) < 4.78 is 5.71. The van der Waals surface area contributed by atoms with Gasteiger partial charge in [-0.3, -0.25) is 4.98 Å². The molecule has 0 saturated heterocycles. The number of aromatic nitrogens is 1. The Bertz CT molecular complexity index is 339. The third-order valence-corrected chi connectivity index (χ3v) is 2.95. The summed E-state index contributed by atoms with van der Waals surface area (Å²) in [5.74, 6) is 0.863. The third kappa shape index (κ3) is 2.93. The normalized spacial score (nSPS) is 15.4. The zero-order chi connectivity index (χ0) is 11.4. The second-order valence-electron chi connectivity index (χ2n) is 4.25. The van der Waals surface area contributed by atoms with E-state index in [9.17, 15) is 0 Å². The van der Waals surface area contributed by atoms with Crippen LogP contribution in [0.5, 0.6) is 5.75 Å². The van der Waals surface area contributed by atoms with Crippen molar-refractivity contribution >= 4 is 0 Å². The van der Waals surface area contributed by atoms with Crippen LogP contribution in [0.15, 0.2) is 18.5 Å².